The van der Waals surface area contributed by atoms with Gasteiger partial charge in [-0.1, -0.05) is 66.7 Å². The number of hydrogen-bond donors (Lipinski definition) is 4. The maximum Gasteiger partial charge on any atom is 0.242 e. The molecule has 2 heterocycles. The van der Waals surface area contributed by atoms with Gasteiger partial charge in [0.2, 0.25) is 11.8 Å². The van der Waals surface area contributed by atoms with E-state index in [2.05, 4.69) is 55.9 Å². The number of likely N-dealkylation sites (N-methyl/N-ethyl adjacent to an activating group) is 1. The number of carbonyl (C=O) groups is 2. The second-order valence-electron chi connectivity index (χ2n) is 14.5. The Labute approximate surface area is 237 Å². The van der Waals surface area contributed by atoms with Gasteiger partial charge in [-0.05, 0) is 67.6 Å². The summed E-state index contributed by atoms with van der Waals surface area (Å²) in [6.45, 7) is 11.3. The molecule has 4 N–H and O–H groups in total. The summed E-state index contributed by atoms with van der Waals surface area (Å²) >= 11 is 0. The summed E-state index contributed by atoms with van der Waals surface area (Å²) in [4.78, 5) is 28.8. The fraction of sp³-hybridized carbons (Fsp3) is 0.935. The van der Waals surface area contributed by atoms with Crippen LogP contribution in [0.2, 0.25) is 0 Å². The summed E-state index contributed by atoms with van der Waals surface area (Å²) in [5, 5.41) is 15.5. The van der Waals surface area contributed by atoms with E-state index < -0.39 is 18.2 Å². The Hall–Kier alpha value is -1.22. The number of amides is 2. The van der Waals surface area contributed by atoms with Crippen LogP contribution in [0, 0.1) is 29.1 Å². The summed E-state index contributed by atoms with van der Waals surface area (Å²) in [6.07, 6.45) is 13.5. The predicted octanol–water partition coefficient (Wildman–Crippen LogP) is 3.99. The third-order valence-corrected chi connectivity index (χ3v) is 10.4. The summed E-state index contributed by atoms with van der Waals surface area (Å²) in [5.41, 5.74) is 6.94. The summed E-state index contributed by atoms with van der Waals surface area (Å²) in [5.74, 6) is 2.43. The molecule has 4 rings (SSSR count). The van der Waals surface area contributed by atoms with Crippen molar-refractivity contribution < 1.29 is 14.7 Å². The normalized spacial score (nSPS) is 34.6. The van der Waals surface area contributed by atoms with Gasteiger partial charge in [0.05, 0.1) is 6.10 Å². The fourth-order valence-electron chi connectivity index (χ4n) is 8.17. The lowest BCUT2D eigenvalue weighted by Gasteiger charge is -2.45. The molecule has 39 heavy (non-hydrogen) atoms. The average Bonchev–Trinajstić information content (AvgIpc) is 3.47. The monoisotopic (exact) mass is 547 g/mol. The highest BCUT2D eigenvalue weighted by Crippen LogP contribution is 2.42. The third-order valence-electron chi connectivity index (χ3n) is 10.4. The molecule has 224 valence electrons. The van der Waals surface area contributed by atoms with E-state index in [1.54, 1.807) is 11.9 Å². The average molecular weight is 548 g/mol. The van der Waals surface area contributed by atoms with Gasteiger partial charge in [0.1, 0.15) is 12.1 Å². The van der Waals surface area contributed by atoms with Crippen molar-refractivity contribution in [2.75, 3.05) is 13.6 Å². The van der Waals surface area contributed by atoms with Crippen molar-refractivity contribution in [1.82, 2.24) is 26.2 Å². The van der Waals surface area contributed by atoms with E-state index in [0.717, 1.165) is 11.8 Å². The van der Waals surface area contributed by atoms with E-state index in [4.69, 9.17) is 0 Å². The lowest BCUT2D eigenvalue weighted by molar-refractivity contribution is -0.149. The lowest BCUT2D eigenvalue weighted by atomic mass is 9.70. The molecule has 4 aliphatic rings. The summed E-state index contributed by atoms with van der Waals surface area (Å²) in [6, 6.07) is -0.545. The van der Waals surface area contributed by atoms with Crippen molar-refractivity contribution in [2.45, 2.75) is 142 Å². The van der Waals surface area contributed by atoms with Crippen LogP contribution in [-0.2, 0) is 9.59 Å². The van der Waals surface area contributed by atoms with E-state index in [0.29, 0.717) is 24.3 Å². The first-order valence-electron chi connectivity index (χ1n) is 16.0. The Balaban J connectivity index is 1.64. The van der Waals surface area contributed by atoms with E-state index in [-0.39, 0.29) is 29.8 Å². The molecule has 2 amide bonds. The van der Waals surface area contributed by atoms with Crippen LogP contribution in [0.15, 0.2) is 0 Å². The number of carbonyl (C=O) groups excluding carboxylic acids is 2. The molecule has 2 aliphatic carbocycles. The Bertz CT molecular complexity index is 814. The lowest BCUT2D eigenvalue weighted by Crippen LogP contribution is -2.63. The van der Waals surface area contributed by atoms with Crippen LogP contribution in [0.25, 0.3) is 0 Å². The Morgan fingerprint density at radius 2 is 1.54 bits per heavy atom. The van der Waals surface area contributed by atoms with Crippen LogP contribution in [0.4, 0.5) is 0 Å². The highest BCUT2D eigenvalue weighted by molar-refractivity contribution is 5.90. The Kier molecular flexibility index (Phi) is 10.4. The highest BCUT2D eigenvalue weighted by Gasteiger charge is 2.53. The number of aliphatic hydroxyl groups excluding tert-OH is 1. The molecule has 2 aliphatic heterocycles. The number of β-amino-alcohol motifs (C(OH)–C–C–N with tert-alkyl or cyclic N) is 1. The molecular formula is C31H57N5O3. The van der Waals surface area contributed by atoms with Crippen LogP contribution in [0.1, 0.15) is 112 Å². The molecule has 2 saturated heterocycles. The van der Waals surface area contributed by atoms with E-state index >= 15 is 0 Å². The van der Waals surface area contributed by atoms with Gasteiger partial charge in [0.25, 0.3) is 0 Å². The zero-order valence-corrected chi connectivity index (χ0v) is 25.5. The first-order chi connectivity index (χ1) is 18.5. The molecule has 8 nitrogen and oxygen atoms in total. The van der Waals surface area contributed by atoms with Gasteiger partial charge < -0.3 is 15.3 Å². The Morgan fingerprint density at radius 1 is 0.923 bits per heavy atom. The number of rotatable bonds is 6. The smallest absolute Gasteiger partial charge is 0.242 e. The molecular weight excluding hydrogens is 490 g/mol. The molecule has 5 atom stereocenters. The van der Waals surface area contributed by atoms with E-state index in [1.807, 2.05) is 0 Å². The molecule has 4 fully saturated rings. The molecule has 0 bridgehead atoms. The maximum atomic E-state index is 14.4. The minimum Gasteiger partial charge on any atom is -0.391 e. The van der Waals surface area contributed by atoms with Crippen molar-refractivity contribution in [3.63, 3.8) is 0 Å². The summed E-state index contributed by atoms with van der Waals surface area (Å²) < 4.78 is 0. The van der Waals surface area contributed by atoms with Crippen LogP contribution in [0.5, 0.6) is 0 Å². The quantitative estimate of drug-likeness (QED) is 0.402. The SMILES string of the molecule is CNC(=O)C1CC(O)CN1C(=O)C(N1NNC(C2CCC(C(C)C)CC2)C1C1CCCCCCC1)C(C)(C)C. The van der Waals surface area contributed by atoms with E-state index in [9.17, 15) is 14.7 Å². The standard InChI is InChI=1S/C31H57N5O3/c1-20(2)21-14-16-22(17-15-21)26-27(23-12-10-8-7-9-11-13-23)36(34-33-26)28(31(3,4)5)30(39)35-19-24(37)18-25(35)29(38)32-6/h20-28,33-34,37H,7-19H2,1-6H3,(H,32,38). The van der Waals surface area contributed by atoms with E-state index in [1.165, 1.54) is 70.6 Å². The minimum atomic E-state index is -0.674. The van der Waals surface area contributed by atoms with Gasteiger partial charge in [0.15, 0.2) is 0 Å². The number of hydrazine groups is 2. The number of aliphatic hydroxyl groups is 1. The largest absolute Gasteiger partial charge is 0.391 e. The topological polar surface area (TPSA) is 96.9 Å². The molecule has 2 saturated carbocycles. The molecule has 0 spiro atoms. The number of nitrogens with one attached hydrogen (secondary N) is 3. The van der Waals surface area contributed by atoms with Crippen molar-refractivity contribution >= 4 is 11.8 Å². The van der Waals surface area contributed by atoms with Gasteiger partial charge in [-0.15, -0.1) is 0 Å². The van der Waals surface area contributed by atoms with Crippen LogP contribution in [-0.4, -0.2) is 70.7 Å². The molecule has 8 heteroatoms. The first-order valence-corrected chi connectivity index (χ1v) is 16.0. The molecule has 0 aromatic rings. The number of likely N-dealkylation sites (tertiary alicyclic amines) is 1. The van der Waals surface area contributed by atoms with Gasteiger partial charge in [0, 0.05) is 32.1 Å². The zero-order valence-electron chi connectivity index (χ0n) is 25.5. The zero-order chi connectivity index (χ0) is 28.3. The maximum absolute atomic E-state index is 14.4. The summed E-state index contributed by atoms with van der Waals surface area (Å²) in [7, 11) is 1.60. The number of hydrogen-bond acceptors (Lipinski definition) is 6. The number of nitrogens with zero attached hydrogens (tertiary/aromatic N) is 2. The Morgan fingerprint density at radius 3 is 2.10 bits per heavy atom. The van der Waals surface area contributed by atoms with Gasteiger partial charge in [-0.2, -0.15) is 5.53 Å². The van der Waals surface area contributed by atoms with Crippen molar-refractivity contribution in [3.8, 4) is 0 Å². The second-order valence-corrected chi connectivity index (χ2v) is 14.5. The first kappa shape index (κ1) is 30.7. The van der Waals surface area contributed by atoms with Gasteiger partial charge >= 0.3 is 0 Å². The molecule has 0 aromatic heterocycles. The molecule has 0 radical (unpaired) electrons. The van der Waals surface area contributed by atoms with Gasteiger partial charge in [-0.25, -0.2) is 10.4 Å². The minimum absolute atomic E-state index is 0.0537. The third kappa shape index (κ3) is 6.99. The van der Waals surface area contributed by atoms with Crippen LogP contribution < -0.4 is 16.3 Å². The molecule has 5 unspecified atom stereocenters. The molecule has 0 aromatic carbocycles. The van der Waals surface area contributed by atoms with Crippen molar-refractivity contribution in [2.24, 2.45) is 29.1 Å². The van der Waals surface area contributed by atoms with Gasteiger partial charge in [-0.3, -0.25) is 9.59 Å². The van der Waals surface area contributed by atoms with Crippen molar-refractivity contribution in [1.29, 1.82) is 0 Å². The van der Waals surface area contributed by atoms with Crippen molar-refractivity contribution in [3.05, 3.63) is 0 Å². The second kappa shape index (κ2) is 13.2. The highest BCUT2D eigenvalue weighted by atomic mass is 16.3. The van der Waals surface area contributed by atoms with Crippen LogP contribution in [0.3, 0.4) is 0 Å². The van der Waals surface area contributed by atoms with Crippen LogP contribution >= 0.6 is 0 Å². The fourth-order valence-corrected chi connectivity index (χ4v) is 8.17. The predicted molar refractivity (Wildman–Crippen MR) is 155 cm³/mol.